The van der Waals surface area contributed by atoms with Crippen molar-refractivity contribution in [2.45, 2.75) is 6.92 Å². The van der Waals surface area contributed by atoms with E-state index in [-0.39, 0.29) is 17.4 Å². The van der Waals surface area contributed by atoms with Crippen LogP contribution in [0, 0.1) is 6.92 Å². The summed E-state index contributed by atoms with van der Waals surface area (Å²) in [4.78, 5) is 28.0. The van der Waals surface area contributed by atoms with Gasteiger partial charge in [-0.25, -0.2) is 0 Å². The first kappa shape index (κ1) is 17.5. The van der Waals surface area contributed by atoms with E-state index in [2.05, 4.69) is 20.8 Å². The molecule has 0 unspecified atom stereocenters. The average Bonchev–Trinajstić information content (AvgIpc) is 3.24. The van der Waals surface area contributed by atoms with E-state index < -0.39 is 11.8 Å². The van der Waals surface area contributed by atoms with Gasteiger partial charge < -0.3 is 19.0 Å². The van der Waals surface area contributed by atoms with Crippen molar-refractivity contribution < 1.29 is 23.3 Å². The smallest absolute Gasteiger partial charge is 0.302 e. The second-order valence-electron chi connectivity index (χ2n) is 5.12. The van der Waals surface area contributed by atoms with Crippen LogP contribution in [-0.4, -0.2) is 29.1 Å². The van der Waals surface area contributed by atoms with E-state index in [1.165, 1.54) is 19.2 Å². The summed E-state index contributed by atoms with van der Waals surface area (Å²) >= 11 is 6.01. The number of carbonyl (C=O) groups is 2. The van der Waals surface area contributed by atoms with Gasteiger partial charge in [0.05, 0.1) is 12.1 Å². The summed E-state index contributed by atoms with van der Waals surface area (Å²) in [6, 6.07) is 6.09. The Kier molecular flexibility index (Phi) is 4.90. The summed E-state index contributed by atoms with van der Waals surface area (Å²) in [5.74, 6) is -0.134. The molecule has 0 spiro atoms. The molecule has 26 heavy (non-hydrogen) atoms. The zero-order valence-corrected chi connectivity index (χ0v) is 14.5. The average molecular weight is 377 g/mol. The number of aryl methyl sites for hydroxylation is 1. The minimum absolute atomic E-state index is 0.0245. The van der Waals surface area contributed by atoms with Gasteiger partial charge in [-0.3, -0.25) is 14.9 Å². The van der Waals surface area contributed by atoms with E-state index in [9.17, 15) is 9.59 Å². The number of nitrogens with zero attached hydrogens (tertiary/aromatic N) is 2. The SMILES string of the molecule is COc1ccc(NC(=O)c2coc(NC(=O)c3cc(C)on3)n2)cc1Cl. The summed E-state index contributed by atoms with van der Waals surface area (Å²) in [6.07, 6.45) is 1.12. The quantitative estimate of drug-likeness (QED) is 0.701. The summed E-state index contributed by atoms with van der Waals surface area (Å²) in [5.41, 5.74) is 0.496. The number of ether oxygens (including phenoxy) is 1. The number of hydrogen-bond acceptors (Lipinski definition) is 7. The number of halogens is 1. The second kappa shape index (κ2) is 7.28. The maximum Gasteiger partial charge on any atom is 0.302 e. The lowest BCUT2D eigenvalue weighted by Gasteiger charge is -2.06. The van der Waals surface area contributed by atoms with Gasteiger partial charge in [0.2, 0.25) is 0 Å². The number of oxazole rings is 1. The fourth-order valence-corrected chi connectivity index (χ4v) is 2.27. The van der Waals surface area contributed by atoms with E-state index in [4.69, 9.17) is 25.3 Å². The fourth-order valence-electron chi connectivity index (χ4n) is 2.01. The van der Waals surface area contributed by atoms with Crippen molar-refractivity contribution in [2.24, 2.45) is 0 Å². The van der Waals surface area contributed by atoms with Crippen LogP contribution in [0.3, 0.4) is 0 Å². The van der Waals surface area contributed by atoms with Gasteiger partial charge in [-0.2, -0.15) is 4.98 Å². The Balaban J connectivity index is 1.66. The molecule has 0 aliphatic rings. The van der Waals surface area contributed by atoms with Crippen LogP contribution in [0.2, 0.25) is 5.02 Å². The van der Waals surface area contributed by atoms with Crippen LogP contribution in [0.15, 0.2) is 39.5 Å². The van der Waals surface area contributed by atoms with Crippen molar-refractivity contribution in [1.82, 2.24) is 10.1 Å². The van der Waals surface area contributed by atoms with Crippen molar-refractivity contribution in [2.75, 3.05) is 17.7 Å². The first-order valence-corrected chi connectivity index (χ1v) is 7.69. The lowest BCUT2D eigenvalue weighted by Crippen LogP contribution is -2.14. The Morgan fingerprint density at radius 3 is 2.58 bits per heavy atom. The van der Waals surface area contributed by atoms with Crippen molar-refractivity contribution in [3.8, 4) is 5.75 Å². The Hall–Kier alpha value is -3.33. The number of benzene rings is 1. The third kappa shape index (κ3) is 3.83. The first-order chi connectivity index (χ1) is 12.5. The van der Waals surface area contributed by atoms with Crippen LogP contribution in [0.4, 0.5) is 11.7 Å². The van der Waals surface area contributed by atoms with Gasteiger partial charge in [-0.15, -0.1) is 0 Å². The molecule has 134 valence electrons. The molecule has 2 aromatic heterocycles. The number of hydrogen-bond donors (Lipinski definition) is 2. The highest BCUT2D eigenvalue weighted by atomic mass is 35.5. The molecule has 0 aliphatic heterocycles. The highest BCUT2D eigenvalue weighted by molar-refractivity contribution is 6.32. The summed E-state index contributed by atoms with van der Waals surface area (Å²) in [7, 11) is 1.49. The number of anilines is 2. The summed E-state index contributed by atoms with van der Waals surface area (Å²) in [6.45, 7) is 1.66. The molecule has 3 aromatic rings. The molecule has 0 aliphatic carbocycles. The number of rotatable bonds is 5. The van der Waals surface area contributed by atoms with E-state index >= 15 is 0 Å². The zero-order chi connectivity index (χ0) is 18.7. The molecule has 0 fully saturated rings. The molecule has 1 aromatic carbocycles. The lowest BCUT2D eigenvalue weighted by molar-refractivity contribution is 0.100. The topological polar surface area (TPSA) is 119 Å². The number of nitrogens with one attached hydrogen (secondary N) is 2. The van der Waals surface area contributed by atoms with E-state index in [1.807, 2.05) is 0 Å². The third-order valence-corrected chi connectivity index (χ3v) is 3.52. The maximum absolute atomic E-state index is 12.2. The molecule has 0 saturated heterocycles. The molecule has 2 amide bonds. The minimum atomic E-state index is -0.572. The molecule has 9 nitrogen and oxygen atoms in total. The minimum Gasteiger partial charge on any atom is -0.495 e. The predicted molar refractivity (Wildman–Crippen MR) is 91.7 cm³/mol. The lowest BCUT2D eigenvalue weighted by atomic mass is 10.3. The molecular weight excluding hydrogens is 364 g/mol. The van der Waals surface area contributed by atoms with Gasteiger partial charge in [-0.05, 0) is 25.1 Å². The molecule has 2 heterocycles. The van der Waals surface area contributed by atoms with Crippen LogP contribution in [0.25, 0.3) is 0 Å². The Labute approximate surface area is 152 Å². The monoisotopic (exact) mass is 376 g/mol. The highest BCUT2D eigenvalue weighted by Crippen LogP contribution is 2.27. The molecule has 0 atom stereocenters. The van der Waals surface area contributed by atoms with E-state index in [1.54, 1.807) is 19.1 Å². The highest BCUT2D eigenvalue weighted by Gasteiger charge is 2.17. The Bertz CT molecular complexity index is 965. The summed E-state index contributed by atoms with van der Waals surface area (Å²) < 4.78 is 14.9. The van der Waals surface area contributed by atoms with Crippen LogP contribution in [0.5, 0.6) is 5.75 Å². The van der Waals surface area contributed by atoms with Gasteiger partial charge in [0.25, 0.3) is 11.8 Å². The number of methoxy groups -OCH3 is 1. The Morgan fingerprint density at radius 2 is 1.92 bits per heavy atom. The van der Waals surface area contributed by atoms with Gasteiger partial charge in [0.15, 0.2) is 11.4 Å². The normalized spacial score (nSPS) is 10.4. The fraction of sp³-hybridized carbons (Fsp3) is 0.125. The van der Waals surface area contributed by atoms with E-state index in [0.717, 1.165) is 6.26 Å². The molecular formula is C16H13ClN4O5. The van der Waals surface area contributed by atoms with Crippen molar-refractivity contribution >= 4 is 35.1 Å². The molecule has 2 N–H and O–H groups in total. The van der Waals surface area contributed by atoms with E-state index in [0.29, 0.717) is 22.2 Å². The standard InChI is InChI=1S/C16H13ClN4O5/c1-8-5-11(21-26-8)14(22)20-16-19-12(7-25-16)15(23)18-9-3-4-13(24-2)10(17)6-9/h3-7H,1-2H3,(H,18,23)(H,19,20,22). The van der Waals surface area contributed by atoms with Gasteiger partial charge in [0.1, 0.15) is 17.8 Å². The van der Waals surface area contributed by atoms with Crippen molar-refractivity contribution in [3.05, 3.63) is 52.7 Å². The van der Waals surface area contributed by atoms with Crippen LogP contribution < -0.4 is 15.4 Å². The molecule has 0 saturated carbocycles. The maximum atomic E-state index is 12.2. The summed E-state index contributed by atoms with van der Waals surface area (Å²) in [5, 5.41) is 8.91. The second-order valence-corrected chi connectivity index (χ2v) is 5.53. The largest absolute Gasteiger partial charge is 0.495 e. The van der Waals surface area contributed by atoms with Gasteiger partial charge >= 0.3 is 6.01 Å². The van der Waals surface area contributed by atoms with Gasteiger partial charge in [0, 0.05) is 11.8 Å². The van der Waals surface area contributed by atoms with Gasteiger partial charge in [-0.1, -0.05) is 16.8 Å². The molecule has 0 radical (unpaired) electrons. The number of carbonyl (C=O) groups excluding carboxylic acids is 2. The predicted octanol–water partition coefficient (Wildman–Crippen LogP) is 3.14. The number of aromatic nitrogens is 2. The van der Waals surface area contributed by atoms with Crippen molar-refractivity contribution in [1.29, 1.82) is 0 Å². The molecule has 0 bridgehead atoms. The third-order valence-electron chi connectivity index (χ3n) is 3.23. The van der Waals surface area contributed by atoms with Crippen LogP contribution in [0.1, 0.15) is 26.7 Å². The molecule has 10 heteroatoms. The van der Waals surface area contributed by atoms with Crippen LogP contribution in [-0.2, 0) is 0 Å². The van der Waals surface area contributed by atoms with Crippen LogP contribution >= 0.6 is 11.6 Å². The number of amides is 2. The van der Waals surface area contributed by atoms with Crippen molar-refractivity contribution in [3.63, 3.8) is 0 Å². The molecule has 3 rings (SSSR count). The Morgan fingerprint density at radius 1 is 1.15 bits per heavy atom. The zero-order valence-electron chi connectivity index (χ0n) is 13.7. The first-order valence-electron chi connectivity index (χ1n) is 7.31.